The highest BCUT2D eigenvalue weighted by Gasteiger charge is 2.36. The van der Waals surface area contributed by atoms with Crippen LogP contribution in [0.3, 0.4) is 0 Å². The van der Waals surface area contributed by atoms with Crippen LogP contribution in [0.25, 0.3) is 6.08 Å². The maximum atomic E-state index is 12.8. The number of imide groups is 1. The molecule has 3 aromatic rings. The van der Waals surface area contributed by atoms with E-state index >= 15 is 0 Å². The molecule has 6 nitrogen and oxygen atoms in total. The Labute approximate surface area is 196 Å². The second-order valence-electron chi connectivity index (χ2n) is 7.53. The zero-order valence-electron chi connectivity index (χ0n) is 18.0. The summed E-state index contributed by atoms with van der Waals surface area (Å²) in [6.45, 7) is 2.04. The van der Waals surface area contributed by atoms with E-state index in [1.807, 2.05) is 67.6 Å². The van der Waals surface area contributed by atoms with Gasteiger partial charge in [-0.05, 0) is 60.2 Å². The van der Waals surface area contributed by atoms with E-state index in [4.69, 9.17) is 4.74 Å². The van der Waals surface area contributed by atoms with Crippen molar-refractivity contribution in [3.63, 3.8) is 0 Å². The molecule has 1 saturated heterocycles. The molecule has 0 atom stereocenters. The lowest BCUT2D eigenvalue weighted by Gasteiger charge is -2.12. The van der Waals surface area contributed by atoms with Gasteiger partial charge in [-0.3, -0.25) is 19.3 Å². The molecule has 1 aliphatic rings. The van der Waals surface area contributed by atoms with E-state index in [0.29, 0.717) is 18.0 Å². The number of carbonyl (C=O) groups excluding carboxylic acids is 3. The number of thioether (sulfide) groups is 1. The van der Waals surface area contributed by atoms with Crippen LogP contribution < -0.4 is 10.1 Å². The Morgan fingerprint density at radius 3 is 2.52 bits per heavy atom. The molecule has 0 unspecified atom stereocenters. The van der Waals surface area contributed by atoms with Crippen molar-refractivity contribution in [2.24, 2.45) is 0 Å². The van der Waals surface area contributed by atoms with Gasteiger partial charge in [-0.1, -0.05) is 60.2 Å². The zero-order valence-corrected chi connectivity index (χ0v) is 18.8. The van der Waals surface area contributed by atoms with E-state index in [0.717, 1.165) is 33.4 Å². The average Bonchev–Trinajstić information content (AvgIpc) is 3.07. The summed E-state index contributed by atoms with van der Waals surface area (Å²) < 4.78 is 5.83. The molecule has 166 valence electrons. The Kier molecular flexibility index (Phi) is 6.90. The molecule has 0 saturated carbocycles. The van der Waals surface area contributed by atoms with Gasteiger partial charge in [0, 0.05) is 5.69 Å². The minimum atomic E-state index is -0.486. The molecule has 0 aliphatic carbocycles. The fraction of sp³-hybridized carbons (Fsp3) is 0.115. The molecule has 0 bridgehead atoms. The lowest BCUT2D eigenvalue weighted by atomic mass is 10.2. The van der Waals surface area contributed by atoms with Crippen LogP contribution in [0.15, 0.2) is 83.8 Å². The van der Waals surface area contributed by atoms with Gasteiger partial charge in [0.05, 0.1) is 4.91 Å². The molecular weight excluding hydrogens is 436 g/mol. The van der Waals surface area contributed by atoms with Crippen molar-refractivity contribution in [3.05, 3.63) is 100 Å². The third-order valence-electron chi connectivity index (χ3n) is 4.91. The van der Waals surface area contributed by atoms with E-state index in [9.17, 15) is 14.4 Å². The van der Waals surface area contributed by atoms with Gasteiger partial charge in [0.25, 0.3) is 11.1 Å². The average molecular weight is 459 g/mol. The minimum absolute atomic E-state index is 0.267. The Morgan fingerprint density at radius 2 is 1.76 bits per heavy atom. The number of nitrogens with one attached hydrogen (secondary N) is 1. The van der Waals surface area contributed by atoms with Gasteiger partial charge in [0.1, 0.15) is 18.9 Å². The normalized spacial score (nSPS) is 14.6. The standard InChI is InChI=1S/C26H22N2O4S/c1-18-10-12-21(13-11-18)27-24(29)16-28-25(30)23(33-26(28)31)15-20-8-5-9-22(14-20)32-17-19-6-3-2-4-7-19/h2-15H,16-17H2,1H3,(H,27,29)/b23-15-. The van der Waals surface area contributed by atoms with Crippen molar-refractivity contribution in [3.8, 4) is 5.75 Å². The topological polar surface area (TPSA) is 75.7 Å². The Balaban J connectivity index is 1.39. The highest BCUT2D eigenvalue weighted by molar-refractivity contribution is 8.18. The number of hydrogen-bond acceptors (Lipinski definition) is 5. The number of benzene rings is 3. The summed E-state index contributed by atoms with van der Waals surface area (Å²) in [6.07, 6.45) is 1.64. The fourth-order valence-electron chi connectivity index (χ4n) is 3.20. The van der Waals surface area contributed by atoms with Gasteiger partial charge in [-0.2, -0.15) is 0 Å². The zero-order chi connectivity index (χ0) is 23.2. The number of ether oxygens (including phenoxy) is 1. The Morgan fingerprint density at radius 1 is 1.00 bits per heavy atom. The number of anilines is 1. The first-order valence-electron chi connectivity index (χ1n) is 10.4. The molecule has 0 spiro atoms. The lowest BCUT2D eigenvalue weighted by Crippen LogP contribution is -2.36. The first-order chi connectivity index (χ1) is 16.0. The maximum absolute atomic E-state index is 12.8. The van der Waals surface area contributed by atoms with Crippen molar-refractivity contribution in [2.75, 3.05) is 11.9 Å². The van der Waals surface area contributed by atoms with Crippen LogP contribution in [-0.4, -0.2) is 28.5 Å². The monoisotopic (exact) mass is 458 g/mol. The molecule has 3 aromatic carbocycles. The van der Waals surface area contributed by atoms with E-state index < -0.39 is 17.1 Å². The molecule has 1 N–H and O–H groups in total. The third kappa shape index (κ3) is 5.90. The van der Waals surface area contributed by atoms with Gasteiger partial charge < -0.3 is 10.1 Å². The van der Waals surface area contributed by atoms with E-state index in [1.54, 1.807) is 24.3 Å². The summed E-state index contributed by atoms with van der Waals surface area (Å²) in [4.78, 5) is 38.7. The largest absolute Gasteiger partial charge is 0.489 e. The molecule has 33 heavy (non-hydrogen) atoms. The molecule has 7 heteroatoms. The van der Waals surface area contributed by atoms with Crippen molar-refractivity contribution in [2.45, 2.75) is 13.5 Å². The predicted molar refractivity (Wildman–Crippen MR) is 130 cm³/mol. The number of amides is 3. The van der Waals surface area contributed by atoms with Crippen molar-refractivity contribution >= 4 is 40.6 Å². The predicted octanol–water partition coefficient (Wildman–Crippen LogP) is 5.25. The molecule has 0 radical (unpaired) electrons. The van der Waals surface area contributed by atoms with Crippen molar-refractivity contribution < 1.29 is 19.1 Å². The first kappa shape index (κ1) is 22.4. The molecule has 1 fully saturated rings. The number of rotatable bonds is 7. The van der Waals surface area contributed by atoms with Gasteiger partial charge in [0.2, 0.25) is 5.91 Å². The summed E-state index contributed by atoms with van der Waals surface area (Å²) in [5.41, 5.74) is 3.46. The molecular formula is C26H22N2O4S. The fourth-order valence-corrected chi connectivity index (χ4v) is 4.04. The SMILES string of the molecule is Cc1ccc(NC(=O)CN2C(=O)S/C(=C\c3cccc(OCc4ccccc4)c3)C2=O)cc1. The van der Waals surface area contributed by atoms with Crippen molar-refractivity contribution in [1.29, 1.82) is 0 Å². The Hall–Kier alpha value is -3.84. The highest BCUT2D eigenvalue weighted by atomic mass is 32.2. The molecule has 1 heterocycles. The van der Waals surface area contributed by atoms with Gasteiger partial charge in [-0.15, -0.1) is 0 Å². The number of aryl methyl sites for hydroxylation is 1. The number of carbonyl (C=O) groups is 3. The summed E-state index contributed by atoms with van der Waals surface area (Å²) in [7, 11) is 0. The molecule has 4 rings (SSSR count). The summed E-state index contributed by atoms with van der Waals surface area (Å²) >= 11 is 0.821. The molecule has 3 amide bonds. The summed E-state index contributed by atoms with van der Waals surface area (Å²) in [5.74, 6) is -0.261. The molecule has 0 aromatic heterocycles. The molecule has 1 aliphatic heterocycles. The van der Waals surface area contributed by atoms with Crippen molar-refractivity contribution in [1.82, 2.24) is 4.90 Å². The van der Waals surface area contributed by atoms with Gasteiger partial charge in [0.15, 0.2) is 0 Å². The maximum Gasteiger partial charge on any atom is 0.294 e. The van der Waals surface area contributed by atoms with Crippen LogP contribution in [0.4, 0.5) is 10.5 Å². The minimum Gasteiger partial charge on any atom is -0.489 e. The summed E-state index contributed by atoms with van der Waals surface area (Å²) in [6, 6.07) is 24.4. The van der Waals surface area contributed by atoms with Crippen LogP contribution in [0.2, 0.25) is 0 Å². The Bertz CT molecular complexity index is 1210. The smallest absolute Gasteiger partial charge is 0.294 e. The van der Waals surface area contributed by atoms with Crippen LogP contribution in [0, 0.1) is 6.92 Å². The third-order valence-corrected chi connectivity index (χ3v) is 5.82. The van der Waals surface area contributed by atoms with E-state index in [2.05, 4.69) is 5.32 Å². The van der Waals surface area contributed by atoms with E-state index in [-0.39, 0.29) is 11.4 Å². The number of hydrogen-bond donors (Lipinski definition) is 1. The highest BCUT2D eigenvalue weighted by Crippen LogP contribution is 2.32. The summed E-state index contributed by atoms with van der Waals surface area (Å²) in [5, 5.41) is 2.24. The van der Waals surface area contributed by atoms with Gasteiger partial charge >= 0.3 is 0 Å². The second kappa shape index (κ2) is 10.2. The second-order valence-corrected chi connectivity index (χ2v) is 8.52. The van der Waals surface area contributed by atoms with Crippen LogP contribution in [-0.2, 0) is 16.2 Å². The number of nitrogens with zero attached hydrogens (tertiary/aromatic N) is 1. The van der Waals surface area contributed by atoms with E-state index in [1.165, 1.54) is 0 Å². The van der Waals surface area contributed by atoms with Crippen LogP contribution >= 0.6 is 11.8 Å². The quantitative estimate of drug-likeness (QED) is 0.490. The lowest BCUT2D eigenvalue weighted by molar-refractivity contribution is -0.127. The van der Waals surface area contributed by atoms with Gasteiger partial charge in [-0.25, -0.2) is 0 Å². The first-order valence-corrected chi connectivity index (χ1v) is 11.2. The van der Waals surface area contributed by atoms with Crippen LogP contribution in [0.5, 0.6) is 5.75 Å². The van der Waals surface area contributed by atoms with Crippen LogP contribution in [0.1, 0.15) is 16.7 Å².